The van der Waals surface area contributed by atoms with Crippen molar-refractivity contribution in [2.75, 3.05) is 37.6 Å². The molecule has 3 heterocycles. The second kappa shape index (κ2) is 6.34. The highest BCUT2D eigenvalue weighted by Gasteiger charge is 2.45. The lowest BCUT2D eigenvalue weighted by Crippen LogP contribution is -2.52. The van der Waals surface area contributed by atoms with Crippen LogP contribution in [0.1, 0.15) is 19.5 Å². The summed E-state index contributed by atoms with van der Waals surface area (Å²) in [6, 6.07) is 3.47. The Morgan fingerprint density at radius 2 is 1.92 bits per heavy atom. The predicted octanol–water partition coefficient (Wildman–Crippen LogP) is 0.369. The molecule has 2 aliphatic heterocycles. The number of urea groups is 1. The van der Waals surface area contributed by atoms with Crippen LogP contribution in [0, 0.1) is 6.92 Å². The van der Waals surface area contributed by atoms with Gasteiger partial charge in [-0.2, -0.15) is 0 Å². The summed E-state index contributed by atoms with van der Waals surface area (Å²) >= 11 is 0. The van der Waals surface area contributed by atoms with Gasteiger partial charge in [-0.1, -0.05) is 0 Å². The van der Waals surface area contributed by atoms with Crippen LogP contribution < -0.4 is 10.2 Å². The molecule has 3 rings (SSSR count). The molecule has 0 radical (unpaired) electrons. The van der Waals surface area contributed by atoms with E-state index >= 15 is 0 Å². The number of hydrogen-bond donors (Lipinski definition) is 1. The van der Waals surface area contributed by atoms with Gasteiger partial charge in [-0.05, 0) is 32.9 Å². The molecular weight excluding hydrogens is 322 g/mol. The average Bonchev–Trinajstić information content (AvgIpc) is 2.77. The first-order valence-corrected chi connectivity index (χ1v) is 8.37. The van der Waals surface area contributed by atoms with Gasteiger partial charge in [0.25, 0.3) is 5.91 Å². The molecule has 8 nitrogen and oxygen atoms in total. The topological polar surface area (TPSA) is 85.9 Å². The number of aryl methyl sites for hydroxylation is 1. The van der Waals surface area contributed by atoms with Crippen LogP contribution in [-0.2, 0) is 9.59 Å². The quantitative estimate of drug-likeness (QED) is 0.800. The molecule has 2 aliphatic rings. The number of hydrogen-bond acceptors (Lipinski definition) is 5. The number of imide groups is 1. The molecule has 0 aliphatic carbocycles. The minimum absolute atomic E-state index is 0.202. The number of aromatic nitrogens is 1. The number of amides is 4. The Bertz CT molecular complexity index is 710. The fourth-order valence-corrected chi connectivity index (χ4v) is 3.14. The summed E-state index contributed by atoms with van der Waals surface area (Å²) in [5.41, 5.74) is 1.10. The number of carbonyl (C=O) groups excluding carboxylic acids is 3. The van der Waals surface area contributed by atoms with Crippen LogP contribution in [0.25, 0.3) is 0 Å². The molecule has 1 N–H and O–H groups in total. The molecule has 0 bridgehead atoms. The minimum atomic E-state index is -0.949. The van der Waals surface area contributed by atoms with E-state index in [9.17, 15) is 14.4 Å². The second-order valence-corrected chi connectivity index (χ2v) is 6.97. The highest BCUT2D eigenvalue weighted by molar-refractivity contribution is 6.08. The van der Waals surface area contributed by atoms with E-state index in [2.05, 4.69) is 15.2 Å². The number of rotatable bonds is 3. The molecule has 134 valence electrons. The van der Waals surface area contributed by atoms with E-state index in [1.807, 2.05) is 19.1 Å². The number of pyridine rings is 1. The van der Waals surface area contributed by atoms with Crippen LogP contribution in [0.5, 0.6) is 0 Å². The SMILES string of the molecule is Cc1cc(N2CCN(C(=O)CN3C(=O)NC(C)(C)C3=O)CC2)ccn1. The van der Waals surface area contributed by atoms with E-state index in [1.54, 1.807) is 24.9 Å². The van der Waals surface area contributed by atoms with Crippen LogP contribution in [0.15, 0.2) is 18.3 Å². The summed E-state index contributed by atoms with van der Waals surface area (Å²) < 4.78 is 0. The first-order chi connectivity index (χ1) is 11.8. The van der Waals surface area contributed by atoms with Gasteiger partial charge in [0.05, 0.1) is 0 Å². The van der Waals surface area contributed by atoms with Crippen molar-refractivity contribution in [1.29, 1.82) is 0 Å². The van der Waals surface area contributed by atoms with Gasteiger partial charge in [-0.25, -0.2) is 4.79 Å². The largest absolute Gasteiger partial charge is 0.368 e. The Morgan fingerprint density at radius 3 is 2.48 bits per heavy atom. The molecule has 0 atom stereocenters. The molecule has 0 aromatic carbocycles. The number of nitrogens with one attached hydrogen (secondary N) is 1. The van der Waals surface area contributed by atoms with Crippen molar-refractivity contribution in [2.45, 2.75) is 26.3 Å². The number of piperazine rings is 1. The van der Waals surface area contributed by atoms with Gasteiger partial charge in [0, 0.05) is 43.8 Å². The summed E-state index contributed by atoms with van der Waals surface area (Å²) in [5, 5.41) is 2.59. The lowest BCUT2D eigenvalue weighted by atomic mass is 10.1. The van der Waals surface area contributed by atoms with E-state index in [1.165, 1.54) is 0 Å². The molecule has 2 fully saturated rings. The summed E-state index contributed by atoms with van der Waals surface area (Å²) in [5.74, 6) is -0.566. The van der Waals surface area contributed by atoms with Crippen LogP contribution in [0.2, 0.25) is 0 Å². The van der Waals surface area contributed by atoms with Crippen LogP contribution in [-0.4, -0.2) is 70.9 Å². The standard InChI is InChI=1S/C17H23N5O3/c1-12-10-13(4-5-18-12)20-6-8-21(9-7-20)14(23)11-22-15(24)17(2,3)19-16(22)25/h4-5,10H,6-9,11H2,1-3H3,(H,19,25). The molecular formula is C17H23N5O3. The monoisotopic (exact) mass is 345 g/mol. The number of nitrogens with zero attached hydrogens (tertiary/aromatic N) is 4. The van der Waals surface area contributed by atoms with Gasteiger partial charge < -0.3 is 15.1 Å². The molecule has 8 heteroatoms. The maximum absolute atomic E-state index is 12.5. The van der Waals surface area contributed by atoms with E-state index in [-0.39, 0.29) is 18.4 Å². The summed E-state index contributed by atoms with van der Waals surface area (Å²) in [6.07, 6.45) is 1.78. The summed E-state index contributed by atoms with van der Waals surface area (Å²) in [4.78, 5) is 45.7. The van der Waals surface area contributed by atoms with E-state index < -0.39 is 11.6 Å². The van der Waals surface area contributed by atoms with Gasteiger partial charge >= 0.3 is 6.03 Å². The minimum Gasteiger partial charge on any atom is -0.368 e. The fraction of sp³-hybridized carbons (Fsp3) is 0.529. The number of anilines is 1. The first kappa shape index (κ1) is 17.2. The lowest BCUT2D eigenvalue weighted by Gasteiger charge is -2.36. The maximum atomic E-state index is 12.5. The Kier molecular flexibility index (Phi) is 4.36. The first-order valence-electron chi connectivity index (χ1n) is 8.37. The molecule has 25 heavy (non-hydrogen) atoms. The molecule has 0 unspecified atom stereocenters. The molecule has 1 aromatic heterocycles. The van der Waals surface area contributed by atoms with E-state index in [0.29, 0.717) is 26.2 Å². The van der Waals surface area contributed by atoms with Crippen LogP contribution >= 0.6 is 0 Å². The average molecular weight is 345 g/mol. The zero-order chi connectivity index (χ0) is 18.2. The van der Waals surface area contributed by atoms with Crippen molar-refractivity contribution in [3.05, 3.63) is 24.0 Å². The molecule has 0 saturated carbocycles. The smallest absolute Gasteiger partial charge is 0.325 e. The molecule has 0 spiro atoms. The van der Waals surface area contributed by atoms with Crippen LogP contribution in [0.3, 0.4) is 0 Å². The Labute approximate surface area is 146 Å². The molecule has 2 saturated heterocycles. The van der Waals surface area contributed by atoms with Crippen molar-refractivity contribution >= 4 is 23.5 Å². The van der Waals surface area contributed by atoms with Gasteiger partial charge in [-0.15, -0.1) is 0 Å². The highest BCUT2D eigenvalue weighted by atomic mass is 16.2. The van der Waals surface area contributed by atoms with Gasteiger partial charge in [-0.3, -0.25) is 19.5 Å². The van der Waals surface area contributed by atoms with Gasteiger partial charge in [0.15, 0.2) is 0 Å². The zero-order valence-electron chi connectivity index (χ0n) is 14.8. The normalized spacial score (nSPS) is 20.0. The maximum Gasteiger partial charge on any atom is 0.325 e. The van der Waals surface area contributed by atoms with Crippen molar-refractivity contribution in [1.82, 2.24) is 20.1 Å². The summed E-state index contributed by atoms with van der Waals surface area (Å²) in [7, 11) is 0. The third-order valence-corrected chi connectivity index (χ3v) is 4.62. The van der Waals surface area contributed by atoms with Gasteiger partial charge in [0.1, 0.15) is 12.1 Å². The number of carbonyl (C=O) groups is 3. The highest BCUT2D eigenvalue weighted by Crippen LogP contribution is 2.18. The predicted molar refractivity (Wildman–Crippen MR) is 92.1 cm³/mol. The Hall–Kier alpha value is -2.64. The van der Waals surface area contributed by atoms with Crippen molar-refractivity contribution < 1.29 is 14.4 Å². The Balaban J connectivity index is 1.57. The molecule has 4 amide bonds. The van der Waals surface area contributed by atoms with Crippen molar-refractivity contribution in [3.63, 3.8) is 0 Å². The zero-order valence-corrected chi connectivity index (χ0v) is 14.8. The van der Waals surface area contributed by atoms with Crippen molar-refractivity contribution in [3.8, 4) is 0 Å². The third kappa shape index (κ3) is 3.42. The lowest BCUT2D eigenvalue weighted by molar-refractivity contribution is -0.138. The fourth-order valence-electron chi connectivity index (χ4n) is 3.14. The van der Waals surface area contributed by atoms with Crippen LogP contribution in [0.4, 0.5) is 10.5 Å². The van der Waals surface area contributed by atoms with E-state index in [0.717, 1.165) is 16.3 Å². The molecule has 1 aromatic rings. The van der Waals surface area contributed by atoms with Gasteiger partial charge in [0.2, 0.25) is 5.91 Å². The van der Waals surface area contributed by atoms with E-state index in [4.69, 9.17) is 0 Å². The summed E-state index contributed by atoms with van der Waals surface area (Å²) in [6.45, 7) is 7.55. The van der Waals surface area contributed by atoms with Crippen molar-refractivity contribution in [2.24, 2.45) is 0 Å². The third-order valence-electron chi connectivity index (χ3n) is 4.62. The second-order valence-electron chi connectivity index (χ2n) is 6.97. The Morgan fingerprint density at radius 1 is 1.24 bits per heavy atom.